The van der Waals surface area contributed by atoms with E-state index in [0.29, 0.717) is 28.6 Å². The van der Waals surface area contributed by atoms with Crippen LogP contribution in [0.25, 0.3) is 22.6 Å². The van der Waals surface area contributed by atoms with E-state index < -0.39 is 35.3 Å². The van der Waals surface area contributed by atoms with Crippen LogP contribution in [0.5, 0.6) is 0 Å². The van der Waals surface area contributed by atoms with Gasteiger partial charge in [0, 0.05) is 6.54 Å². The van der Waals surface area contributed by atoms with Crippen molar-refractivity contribution >= 4 is 23.0 Å². The molecule has 0 N–H and O–H groups in total. The maximum absolute atomic E-state index is 13.3. The lowest BCUT2D eigenvalue weighted by Crippen LogP contribution is -2.41. The predicted octanol–water partition coefficient (Wildman–Crippen LogP) is 2.43. The number of ether oxygens (including phenoxy) is 2. The van der Waals surface area contributed by atoms with E-state index in [1.807, 2.05) is 30.3 Å². The third-order valence-electron chi connectivity index (χ3n) is 5.44. The lowest BCUT2D eigenvalue weighted by Gasteiger charge is -2.20. The highest BCUT2D eigenvalue weighted by Gasteiger charge is 2.25. The van der Waals surface area contributed by atoms with E-state index in [4.69, 9.17) is 9.47 Å². The van der Waals surface area contributed by atoms with Crippen molar-refractivity contribution in [2.45, 2.75) is 45.9 Å². The number of rotatable bonds is 6. The van der Waals surface area contributed by atoms with Crippen LogP contribution in [0.2, 0.25) is 0 Å². The molecule has 2 aliphatic rings. The average molecular weight is 491 g/mol. The molecule has 0 atom stereocenters. The molecule has 0 bridgehead atoms. The summed E-state index contributed by atoms with van der Waals surface area (Å²) in [5.41, 5.74) is -0.284. The van der Waals surface area contributed by atoms with Crippen LogP contribution < -0.4 is 11.2 Å². The molecular weight excluding hydrogens is 464 g/mol. The van der Waals surface area contributed by atoms with E-state index in [1.54, 1.807) is 37.5 Å². The number of carbonyl (C=O) groups excluding carboxylic acids is 2. The molecule has 0 aromatic heterocycles. The number of aryl methyl sites for hydroxylation is 2. The molecule has 36 heavy (non-hydrogen) atoms. The normalized spacial score (nSPS) is 11.6. The topological polar surface area (TPSA) is 122 Å². The number of hydrogen-bond acceptors (Lipinski definition) is 8. The highest BCUT2D eigenvalue weighted by atomic mass is 16.6. The third kappa shape index (κ3) is 5.17. The van der Waals surface area contributed by atoms with Gasteiger partial charge in [0.2, 0.25) is 0 Å². The molecular formula is C26H26N4O6. The Morgan fingerprint density at radius 2 is 1.69 bits per heavy atom. The Kier molecular flexibility index (Phi) is 6.69. The lowest BCUT2D eigenvalue weighted by molar-refractivity contribution is -0.155. The summed E-state index contributed by atoms with van der Waals surface area (Å²) in [4.78, 5) is 59.2. The van der Waals surface area contributed by atoms with E-state index in [1.165, 1.54) is 13.2 Å². The molecule has 2 aliphatic heterocycles. The molecule has 0 saturated carbocycles. The van der Waals surface area contributed by atoms with Crippen LogP contribution in [0.3, 0.4) is 0 Å². The summed E-state index contributed by atoms with van der Waals surface area (Å²) in [5, 5.41) is 0. The Balaban J connectivity index is 1.89. The van der Waals surface area contributed by atoms with Gasteiger partial charge in [-0.3, -0.25) is 9.59 Å². The van der Waals surface area contributed by atoms with Crippen molar-refractivity contribution in [3.8, 4) is 11.5 Å². The first kappa shape index (κ1) is 24.8. The van der Waals surface area contributed by atoms with E-state index >= 15 is 0 Å². The molecule has 0 unspecified atom stereocenters. The Hall–Kier alpha value is -4.34. The van der Waals surface area contributed by atoms with Gasteiger partial charge >= 0.3 is 17.6 Å². The lowest BCUT2D eigenvalue weighted by atomic mass is 10.1. The third-order valence-corrected chi connectivity index (χ3v) is 5.44. The molecule has 0 amide bonds. The van der Waals surface area contributed by atoms with Gasteiger partial charge in [-0.25, -0.2) is 19.1 Å². The maximum atomic E-state index is 13.3. The molecule has 10 nitrogen and oxygen atoms in total. The quantitative estimate of drug-likeness (QED) is 0.298. The van der Waals surface area contributed by atoms with Crippen LogP contribution in [-0.4, -0.2) is 43.8 Å². The zero-order valence-electron chi connectivity index (χ0n) is 20.5. The van der Waals surface area contributed by atoms with Gasteiger partial charge in [0.1, 0.15) is 12.1 Å². The highest BCUT2D eigenvalue weighted by molar-refractivity contribution is 5.94. The van der Waals surface area contributed by atoms with Crippen molar-refractivity contribution in [3.63, 3.8) is 0 Å². The van der Waals surface area contributed by atoms with Crippen LogP contribution in [-0.2, 0) is 33.8 Å². The summed E-state index contributed by atoms with van der Waals surface area (Å²) in [7, 11) is 1.27. The molecule has 10 heteroatoms. The summed E-state index contributed by atoms with van der Waals surface area (Å²) < 4.78 is 12.5. The fraction of sp³-hybridized carbons (Fsp3) is 0.308. The first-order valence-corrected chi connectivity index (χ1v) is 11.4. The first-order valence-electron chi connectivity index (χ1n) is 11.4. The number of aromatic nitrogens is 4. The largest absolute Gasteiger partial charge is 0.465 e. The fourth-order valence-electron chi connectivity index (χ4n) is 3.88. The number of hydrogen-bond donors (Lipinski definition) is 0. The van der Waals surface area contributed by atoms with Crippen LogP contribution in [0.15, 0.2) is 58.1 Å². The van der Waals surface area contributed by atoms with E-state index in [0.717, 1.165) is 5.56 Å². The zero-order valence-corrected chi connectivity index (χ0v) is 20.5. The number of benzene rings is 2. The smallest absolute Gasteiger partial charge is 0.353 e. The molecule has 0 aliphatic carbocycles. The monoisotopic (exact) mass is 490 g/mol. The Labute approximate surface area is 206 Å². The Bertz CT molecular complexity index is 1530. The minimum absolute atomic E-state index is 0.0965. The second kappa shape index (κ2) is 9.73. The van der Waals surface area contributed by atoms with Gasteiger partial charge in [0.05, 0.1) is 23.7 Å². The number of carbonyl (C=O) groups is 2. The summed E-state index contributed by atoms with van der Waals surface area (Å²) in [5.74, 6) is -1.20. The number of esters is 2. The van der Waals surface area contributed by atoms with Gasteiger partial charge in [0.25, 0.3) is 5.56 Å². The van der Waals surface area contributed by atoms with Gasteiger partial charge in [-0.1, -0.05) is 30.3 Å². The van der Waals surface area contributed by atoms with Gasteiger partial charge in [-0.05, 0) is 51.0 Å². The number of nitrogens with zero attached hydrogens (tertiary/aromatic N) is 4. The molecule has 2 heterocycles. The predicted molar refractivity (Wildman–Crippen MR) is 132 cm³/mol. The highest BCUT2D eigenvalue weighted by Crippen LogP contribution is 2.23. The second-order valence-corrected chi connectivity index (χ2v) is 9.24. The fourth-order valence-corrected chi connectivity index (χ4v) is 3.88. The SMILES string of the molecule is COC(=O)c1ccc2c(c1)nc1c(=O)n(CC(=O)OC(C)(C)C)c(=O)nc-1n2CCc1ccccc1. The van der Waals surface area contributed by atoms with Crippen LogP contribution in [0, 0.1) is 0 Å². The van der Waals surface area contributed by atoms with E-state index in [2.05, 4.69) is 9.97 Å². The van der Waals surface area contributed by atoms with Crippen molar-refractivity contribution in [3.05, 3.63) is 80.5 Å². The minimum atomic E-state index is -0.876. The summed E-state index contributed by atoms with van der Waals surface area (Å²) >= 11 is 0. The van der Waals surface area contributed by atoms with Gasteiger partial charge < -0.3 is 14.0 Å². The molecule has 2 aromatic rings. The molecule has 0 radical (unpaired) electrons. The van der Waals surface area contributed by atoms with Crippen molar-refractivity contribution < 1.29 is 19.1 Å². The minimum Gasteiger partial charge on any atom is -0.465 e. The number of fused-ring (bicyclic) bond motifs is 2. The molecule has 0 spiro atoms. The van der Waals surface area contributed by atoms with E-state index in [9.17, 15) is 19.2 Å². The van der Waals surface area contributed by atoms with Gasteiger partial charge in [-0.15, -0.1) is 0 Å². The Morgan fingerprint density at radius 3 is 2.36 bits per heavy atom. The van der Waals surface area contributed by atoms with Crippen molar-refractivity contribution in [1.29, 1.82) is 0 Å². The molecule has 4 rings (SSSR count). The van der Waals surface area contributed by atoms with Gasteiger partial charge in [-0.2, -0.15) is 4.98 Å². The standard InChI is InChI=1S/C26H26N4O6/c1-26(2,3)36-20(31)15-30-23(32)21-22(28-25(30)34)29(13-12-16-8-6-5-7-9-16)19-11-10-17(24(33)35-4)14-18(19)27-21/h5-11,14H,12-13,15H2,1-4H3. The van der Waals surface area contributed by atoms with Crippen LogP contribution in [0.1, 0.15) is 36.7 Å². The van der Waals surface area contributed by atoms with Crippen LogP contribution >= 0.6 is 0 Å². The van der Waals surface area contributed by atoms with Crippen molar-refractivity contribution in [2.24, 2.45) is 0 Å². The summed E-state index contributed by atoms with van der Waals surface area (Å²) in [6, 6.07) is 14.5. The molecule has 186 valence electrons. The number of methoxy groups -OCH3 is 1. The maximum Gasteiger partial charge on any atom is 0.353 e. The first-order chi connectivity index (χ1) is 17.1. The molecule has 0 saturated heterocycles. The van der Waals surface area contributed by atoms with Crippen LogP contribution in [0.4, 0.5) is 0 Å². The Morgan fingerprint density at radius 1 is 0.972 bits per heavy atom. The average Bonchev–Trinajstić information content (AvgIpc) is 2.83. The molecule has 2 aromatic carbocycles. The van der Waals surface area contributed by atoms with Crippen molar-refractivity contribution in [1.82, 2.24) is 19.1 Å². The summed E-state index contributed by atoms with van der Waals surface area (Å²) in [6.07, 6.45) is 0.593. The molecule has 0 fully saturated rings. The zero-order chi connectivity index (χ0) is 26.0. The van der Waals surface area contributed by atoms with E-state index in [-0.39, 0.29) is 17.1 Å². The second-order valence-electron chi connectivity index (χ2n) is 9.24. The van der Waals surface area contributed by atoms with Gasteiger partial charge in [0.15, 0.2) is 11.5 Å². The summed E-state index contributed by atoms with van der Waals surface area (Å²) in [6.45, 7) is 4.86. The van der Waals surface area contributed by atoms with Crippen molar-refractivity contribution in [2.75, 3.05) is 7.11 Å².